The van der Waals surface area contributed by atoms with Crippen molar-refractivity contribution in [3.63, 3.8) is 0 Å². The number of halogens is 2. The van der Waals surface area contributed by atoms with Crippen LogP contribution in [0.25, 0.3) is 0 Å². The van der Waals surface area contributed by atoms with E-state index < -0.39 is 11.8 Å². The first-order chi connectivity index (χ1) is 8.65. The van der Waals surface area contributed by atoms with Crippen LogP contribution >= 0.6 is 15.9 Å². The summed E-state index contributed by atoms with van der Waals surface area (Å²) in [5.41, 5.74) is 0.116. The van der Waals surface area contributed by atoms with E-state index in [4.69, 9.17) is 0 Å². The van der Waals surface area contributed by atoms with Gasteiger partial charge in [0.1, 0.15) is 16.2 Å². The lowest BCUT2D eigenvalue weighted by Gasteiger charge is -2.07. The number of hydrogen-bond acceptors (Lipinski definition) is 2. The molecule has 0 saturated heterocycles. The number of para-hydroxylation sites is 1. The number of hydrogen-bond donors (Lipinski definition) is 2. The van der Waals surface area contributed by atoms with Gasteiger partial charge in [0.05, 0.1) is 5.69 Å². The van der Waals surface area contributed by atoms with Crippen LogP contribution in [0.5, 0.6) is 0 Å². The molecule has 0 fully saturated rings. The van der Waals surface area contributed by atoms with E-state index in [0.29, 0.717) is 10.4 Å². The number of anilines is 2. The summed E-state index contributed by atoms with van der Waals surface area (Å²) in [7, 11) is 0. The number of rotatable bonds is 2. The van der Waals surface area contributed by atoms with Crippen LogP contribution in [0, 0.1) is 5.82 Å². The standard InChI is InChI=1S/C12H9BrFN3O/c13-10-6-3-7-11(16-10)17-12(18)15-9-5-2-1-4-8(9)14/h1-7H,(H2,15,16,17,18). The van der Waals surface area contributed by atoms with Crippen LogP contribution in [0.2, 0.25) is 0 Å². The highest BCUT2D eigenvalue weighted by atomic mass is 79.9. The van der Waals surface area contributed by atoms with Crippen LogP contribution < -0.4 is 10.6 Å². The molecule has 0 atom stereocenters. The third kappa shape index (κ3) is 3.27. The van der Waals surface area contributed by atoms with Gasteiger partial charge in [-0.3, -0.25) is 5.32 Å². The van der Waals surface area contributed by atoms with E-state index in [1.165, 1.54) is 12.1 Å². The minimum atomic E-state index is -0.550. The molecule has 2 amide bonds. The van der Waals surface area contributed by atoms with Crippen molar-refractivity contribution in [3.8, 4) is 0 Å². The first-order valence-corrected chi connectivity index (χ1v) is 5.89. The van der Waals surface area contributed by atoms with Crippen molar-refractivity contribution in [2.75, 3.05) is 10.6 Å². The topological polar surface area (TPSA) is 54.0 Å². The molecule has 0 unspecified atom stereocenters. The molecular formula is C12H9BrFN3O. The SMILES string of the molecule is O=C(Nc1cccc(Br)n1)Nc1ccccc1F. The minimum Gasteiger partial charge on any atom is -0.305 e. The van der Waals surface area contributed by atoms with E-state index in [0.717, 1.165) is 0 Å². The molecule has 0 aliphatic carbocycles. The Morgan fingerprint density at radius 3 is 2.61 bits per heavy atom. The Balaban J connectivity index is 2.03. The number of carbonyl (C=O) groups excluding carboxylic acids is 1. The number of amides is 2. The summed E-state index contributed by atoms with van der Waals surface area (Å²) in [6, 6.07) is 10.5. The molecule has 0 aliphatic rings. The van der Waals surface area contributed by atoms with Gasteiger partial charge < -0.3 is 5.32 Å². The monoisotopic (exact) mass is 309 g/mol. The maximum Gasteiger partial charge on any atom is 0.324 e. The lowest BCUT2D eigenvalue weighted by atomic mass is 10.3. The Morgan fingerprint density at radius 2 is 1.89 bits per heavy atom. The van der Waals surface area contributed by atoms with Crippen molar-refractivity contribution >= 4 is 33.5 Å². The van der Waals surface area contributed by atoms with Gasteiger partial charge in [-0.25, -0.2) is 14.2 Å². The van der Waals surface area contributed by atoms with Crippen LogP contribution in [0.1, 0.15) is 0 Å². The van der Waals surface area contributed by atoms with Crippen LogP contribution in [-0.2, 0) is 0 Å². The van der Waals surface area contributed by atoms with Crippen molar-refractivity contribution in [3.05, 3.63) is 52.9 Å². The van der Waals surface area contributed by atoms with E-state index in [2.05, 4.69) is 31.5 Å². The first-order valence-electron chi connectivity index (χ1n) is 5.10. The van der Waals surface area contributed by atoms with Gasteiger partial charge in [-0.05, 0) is 40.2 Å². The zero-order valence-electron chi connectivity index (χ0n) is 9.15. The molecule has 2 rings (SSSR count). The molecule has 18 heavy (non-hydrogen) atoms. The fraction of sp³-hybridized carbons (Fsp3) is 0. The number of carbonyl (C=O) groups is 1. The zero-order valence-corrected chi connectivity index (χ0v) is 10.7. The van der Waals surface area contributed by atoms with Crippen LogP contribution in [0.3, 0.4) is 0 Å². The minimum absolute atomic E-state index is 0.116. The van der Waals surface area contributed by atoms with Crippen molar-refractivity contribution < 1.29 is 9.18 Å². The van der Waals surface area contributed by atoms with E-state index in [9.17, 15) is 9.18 Å². The van der Waals surface area contributed by atoms with Gasteiger partial charge in [-0.2, -0.15) is 0 Å². The lowest BCUT2D eigenvalue weighted by Crippen LogP contribution is -2.20. The van der Waals surface area contributed by atoms with Gasteiger partial charge in [0.15, 0.2) is 0 Å². The molecule has 4 nitrogen and oxygen atoms in total. The average molecular weight is 310 g/mol. The highest BCUT2D eigenvalue weighted by Crippen LogP contribution is 2.14. The number of nitrogens with zero attached hydrogens (tertiary/aromatic N) is 1. The van der Waals surface area contributed by atoms with Crippen molar-refractivity contribution in [2.24, 2.45) is 0 Å². The second-order valence-electron chi connectivity index (χ2n) is 3.40. The highest BCUT2D eigenvalue weighted by Gasteiger charge is 2.06. The van der Waals surface area contributed by atoms with Gasteiger partial charge >= 0.3 is 6.03 Å². The third-order valence-electron chi connectivity index (χ3n) is 2.08. The van der Waals surface area contributed by atoms with E-state index in [-0.39, 0.29) is 5.69 Å². The van der Waals surface area contributed by atoms with Crippen molar-refractivity contribution in [2.45, 2.75) is 0 Å². The summed E-state index contributed by atoms with van der Waals surface area (Å²) in [6.45, 7) is 0. The second kappa shape index (κ2) is 5.59. The molecular weight excluding hydrogens is 301 g/mol. The van der Waals surface area contributed by atoms with Gasteiger partial charge in [-0.1, -0.05) is 18.2 Å². The predicted octanol–water partition coefficient (Wildman–Crippen LogP) is 3.63. The number of pyridine rings is 1. The predicted molar refractivity (Wildman–Crippen MR) is 71.0 cm³/mol. The molecule has 1 aromatic heterocycles. The normalized spacial score (nSPS) is 9.89. The number of nitrogens with one attached hydrogen (secondary N) is 2. The summed E-state index contributed by atoms with van der Waals surface area (Å²) < 4.78 is 13.9. The molecule has 1 heterocycles. The van der Waals surface area contributed by atoms with Gasteiger partial charge in [-0.15, -0.1) is 0 Å². The Morgan fingerprint density at radius 1 is 1.11 bits per heavy atom. The molecule has 1 aromatic carbocycles. The molecule has 2 aromatic rings. The Labute approximate surface area is 111 Å². The number of urea groups is 1. The lowest BCUT2D eigenvalue weighted by molar-refractivity contribution is 0.262. The van der Waals surface area contributed by atoms with Crippen LogP contribution in [0.4, 0.5) is 20.7 Å². The summed E-state index contributed by atoms with van der Waals surface area (Å²) in [5, 5.41) is 4.90. The van der Waals surface area contributed by atoms with E-state index in [1.54, 1.807) is 30.3 Å². The van der Waals surface area contributed by atoms with Crippen molar-refractivity contribution in [1.29, 1.82) is 0 Å². The molecule has 0 spiro atoms. The summed E-state index contributed by atoms with van der Waals surface area (Å²) in [4.78, 5) is 15.6. The Bertz CT molecular complexity index is 577. The molecule has 92 valence electrons. The number of benzene rings is 1. The first kappa shape index (κ1) is 12.5. The molecule has 2 N–H and O–H groups in total. The fourth-order valence-electron chi connectivity index (χ4n) is 1.31. The molecule has 0 saturated carbocycles. The smallest absolute Gasteiger partial charge is 0.305 e. The summed E-state index contributed by atoms with van der Waals surface area (Å²) >= 11 is 3.19. The maximum atomic E-state index is 13.3. The van der Waals surface area contributed by atoms with Gasteiger partial charge in [0.25, 0.3) is 0 Å². The second-order valence-corrected chi connectivity index (χ2v) is 4.22. The molecule has 6 heteroatoms. The van der Waals surface area contributed by atoms with Gasteiger partial charge in [0, 0.05) is 0 Å². The Kier molecular flexibility index (Phi) is 3.88. The van der Waals surface area contributed by atoms with E-state index >= 15 is 0 Å². The quantitative estimate of drug-likeness (QED) is 0.832. The third-order valence-corrected chi connectivity index (χ3v) is 2.52. The molecule has 0 radical (unpaired) electrons. The number of aromatic nitrogens is 1. The fourth-order valence-corrected chi connectivity index (χ4v) is 1.65. The maximum absolute atomic E-state index is 13.3. The summed E-state index contributed by atoms with van der Waals surface area (Å²) in [5.74, 6) is -0.118. The van der Waals surface area contributed by atoms with Gasteiger partial charge in [0.2, 0.25) is 0 Å². The van der Waals surface area contributed by atoms with E-state index in [1.807, 2.05) is 0 Å². The molecule has 0 bridgehead atoms. The van der Waals surface area contributed by atoms with Crippen LogP contribution in [0.15, 0.2) is 47.1 Å². The average Bonchev–Trinajstić information content (AvgIpc) is 2.32. The Hall–Kier alpha value is -1.95. The van der Waals surface area contributed by atoms with Crippen LogP contribution in [-0.4, -0.2) is 11.0 Å². The van der Waals surface area contributed by atoms with Crippen molar-refractivity contribution in [1.82, 2.24) is 4.98 Å². The summed E-state index contributed by atoms with van der Waals surface area (Å²) in [6.07, 6.45) is 0. The zero-order chi connectivity index (χ0) is 13.0. The molecule has 0 aliphatic heterocycles. The highest BCUT2D eigenvalue weighted by molar-refractivity contribution is 9.10. The largest absolute Gasteiger partial charge is 0.324 e.